The van der Waals surface area contributed by atoms with Gasteiger partial charge in [0.25, 0.3) is 0 Å². The van der Waals surface area contributed by atoms with Gasteiger partial charge in [0.1, 0.15) is 18.1 Å². The Bertz CT molecular complexity index is 776. The minimum Gasteiger partial charge on any atom is -0.497 e. The van der Waals surface area contributed by atoms with Crippen molar-refractivity contribution in [3.63, 3.8) is 0 Å². The molecule has 0 radical (unpaired) electrons. The van der Waals surface area contributed by atoms with Crippen LogP contribution in [-0.2, 0) is 4.84 Å². The predicted molar refractivity (Wildman–Crippen MR) is 89.7 cm³/mol. The summed E-state index contributed by atoms with van der Waals surface area (Å²) in [7, 11) is 1.64. The van der Waals surface area contributed by atoms with E-state index in [9.17, 15) is 0 Å². The molecule has 3 N–H and O–H groups in total. The summed E-state index contributed by atoms with van der Waals surface area (Å²) in [4.78, 5) is 12.7. The quantitative estimate of drug-likeness (QED) is 0.415. The number of ether oxygens (including phenoxy) is 1. The van der Waals surface area contributed by atoms with Crippen LogP contribution >= 0.6 is 0 Å². The minimum atomic E-state index is 0.363. The summed E-state index contributed by atoms with van der Waals surface area (Å²) in [5.74, 6) is 0.789. The molecule has 0 unspecified atom stereocenters. The number of benzene rings is 1. The molecule has 118 valence electrons. The van der Waals surface area contributed by atoms with Crippen LogP contribution in [-0.4, -0.2) is 35.9 Å². The van der Waals surface area contributed by atoms with E-state index in [2.05, 4.69) is 15.1 Å². The van der Waals surface area contributed by atoms with Crippen molar-refractivity contribution in [2.45, 2.75) is 0 Å². The average Bonchev–Trinajstić information content (AvgIpc) is 3.02. The molecule has 6 heteroatoms. The molecule has 0 spiro atoms. The number of rotatable bonds is 6. The molecule has 2 heterocycles. The summed E-state index contributed by atoms with van der Waals surface area (Å²) in [5, 5.41) is 5.31. The highest BCUT2D eigenvalue weighted by Gasteiger charge is 2.12. The summed E-state index contributed by atoms with van der Waals surface area (Å²) >= 11 is 0. The molecule has 3 aromatic rings. The van der Waals surface area contributed by atoms with Crippen molar-refractivity contribution in [3.05, 3.63) is 60.0 Å². The van der Waals surface area contributed by atoms with Gasteiger partial charge in [-0.1, -0.05) is 5.16 Å². The van der Waals surface area contributed by atoms with Gasteiger partial charge in [-0.3, -0.25) is 4.98 Å². The smallest absolute Gasteiger partial charge is 0.133 e. The van der Waals surface area contributed by atoms with Gasteiger partial charge in [0.15, 0.2) is 0 Å². The first kappa shape index (κ1) is 15.1. The number of fused-ring (bicyclic) bond motifs is 1. The van der Waals surface area contributed by atoms with Crippen molar-refractivity contribution < 1.29 is 9.57 Å². The Morgan fingerprint density at radius 2 is 2.09 bits per heavy atom. The molecule has 1 aromatic carbocycles. The second kappa shape index (κ2) is 6.93. The number of pyridine rings is 1. The monoisotopic (exact) mass is 310 g/mol. The second-order valence-corrected chi connectivity index (χ2v) is 4.94. The fourth-order valence-electron chi connectivity index (χ4n) is 2.27. The highest BCUT2D eigenvalue weighted by atomic mass is 16.6. The highest BCUT2D eigenvalue weighted by Crippen LogP contribution is 2.19. The lowest BCUT2D eigenvalue weighted by molar-refractivity contribution is 0.152. The van der Waals surface area contributed by atoms with Crippen LogP contribution in [0, 0.1) is 0 Å². The first-order chi connectivity index (χ1) is 11.3. The first-order valence-corrected chi connectivity index (χ1v) is 7.29. The lowest BCUT2D eigenvalue weighted by atomic mass is 10.1. The number of nitrogens with zero attached hydrogens (tertiary/aromatic N) is 2. The number of aromatic nitrogens is 2. The summed E-state index contributed by atoms with van der Waals surface area (Å²) in [5.41, 5.74) is 8.89. The normalized spacial score (nSPS) is 11.7. The topological polar surface area (TPSA) is 85.5 Å². The lowest BCUT2D eigenvalue weighted by Crippen LogP contribution is -2.09. The van der Waals surface area contributed by atoms with E-state index >= 15 is 0 Å². The fraction of sp³-hybridized carbons (Fsp3) is 0.176. The number of H-pyrrole nitrogens is 1. The molecule has 0 saturated heterocycles. The van der Waals surface area contributed by atoms with E-state index in [-0.39, 0.29) is 0 Å². The van der Waals surface area contributed by atoms with Crippen LogP contribution in [0.1, 0.15) is 11.3 Å². The Hall–Kier alpha value is -2.86. The van der Waals surface area contributed by atoms with E-state index in [1.165, 1.54) is 0 Å². The van der Waals surface area contributed by atoms with Crippen molar-refractivity contribution >= 4 is 16.6 Å². The Labute approximate surface area is 133 Å². The van der Waals surface area contributed by atoms with Gasteiger partial charge in [0.2, 0.25) is 0 Å². The van der Waals surface area contributed by atoms with Crippen molar-refractivity contribution in [2.75, 3.05) is 20.3 Å². The molecular weight excluding hydrogens is 292 g/mol. The molecule has 0 aliphatic rings. The number of nitrogens with two attached hydrogens (primary N) is 1. The van der Waals surface area contributed by atoms with Crippen molar-refractivity contribution in [1.29, 1.82) is 0 Å². The minimum absolute atomic E-state index is 0.363. The molecule has 0 aliphatic heterocycles. The van der Waals surface area contributed by atoms with E-state index < -0.39 is 0 Å². The van der Waals surface area contributed by atoms with E-state index in [4.69, 9.17) is 15.3 Å². The maximum Gasteiger partial charge on any atom is 0.133 e. The second-order valence-electron chi connectivity index (χ2n) is 4.94. The van der Waals surface area contributed by atoms with Crippen molar-refractivity contribution in [2.24, 2.45) is 10.9 Å². The van der Waals surface area contributed by atoms with Gasteiger partial charge in [0.05, 0.1) is 24.5 Å². The largest absolute Gasteiger partial charge is 0.497 e. The third-order valence-electron chi connectivity index (χ3n) is 3.41. The van der Waals surface area contributed by atoms with Gasteiger partial charge in [-0.25, -0.2) is 0 Å². The molecule has 0 saturated carbocycles. The highest BCUT2D eigenvalue weighted by molar-refractivity contribution is 6.13. The van der Waals surface area contributed by atoms with E-state index in [1.807, 2.05) is 36.4 Å². The van der Waals surface area contributed by atoms with Crippen LogP contribution in [0.25, 0.3) is 10.9 Å². The zero-order chi connectivity index (χ0) is 16.1. The number of oxime groups is 1. The number of nitrogens with one attached hydrogen (secondary N) is 1. The van der Waals surface area contributed by atoms with Gasteiger partial charge in [-0.2, -0.15) is 0 Å². The maximum absolute atomic E-state index is 5.46. The molecule has 2 aromatic heterocycles. The third-order valence-corrected chi connectivity index (χ3v) is 3.41. The molecular formula is C17H18N4O2. The molecule has 0 bridgehead atoms. The number of methoxy groups -OCH3 is 1. The lowest BCUT2D eigenvalue weighted by Gasteiger charge is -2.06. The molecule has 0 amide bonds. The van der Waals surface area contributed by atoms with Crippen molar-refractivity contribution in [1.82, 2.24) is 9.97 Å². The van der Waals surface area contributed by atoms with E-state index in [0.29, 0.717) is 18.9 Å². The number of hydrogen-bond acceptors (Lipinski definition) is 5. The molecule has 3 rings (SSSR count). The standard InChI is InChI=1S/C17H18N4O2/c1-22-14-4-2-12(3-5-14)17(21-23-9-7-18)15-10-13-6-8-19-11-16(13)20-15/h2-6,8,10-11,20H,7,9,18H2,1H3/b21-17-. The van der Waals surface area contributed by atoms with E-state index in [1.54, 1.807) is 19.5 Å². The van der Waals surface area contributed by atoms with Crippen LogP contribution in [0.5, 0.6) is 5.75 Å². The van der Waals surface area contributed by atoms with E-state index in [0.717, 1.165) is 27.9 Å². The van der Waals surface area contributed by atoms with Crippen LogP contribution < -0.4 is 10.5 Å². The Balaban J connectivity index is 2.01. The van der Waals surface area contributed by atoms with Gasteiger partial charge in [-0.15, -0.1) is 0 Å². The summed E-state index contributed by atoms with van der Waals surface area (Å²) in [6, 6.07) is 11.6. The van der Waals surface area contributed by atoms with Gasteiger partial charge in [0, 0.05) is 23.7 Å². The SMILES string of the molecule is COc1ccc(/C(=N/OCCN)c2cc3ccncc3[nH]2)cc1. The van der Waals surface area contributed by atoms with Gasteiger partial charge in [-0.05, 0) is 36.4 Å². The zero-order valence-corrected chi connectivity index (χ0v) is 12.8. The Morgan fingerprint density at radius 3 is 2.78 bits per heavy atom. The van der Waals surface area contributed by atoms with Crippen LogP contribution in [0.4, 0.5) is 0 Å². The summed E-state index contributed by atoms with van der Waals surface area (Å²) < 4.78 is 5.20. The van der Waals surface area contributed by atoms with Crippen LogP contribution in [0.3, 0.4) is 0 Å². The van der Waals surface area contributed by atoms with Crippen LogP contribution in [0.2, 0.25) is 0 Å². The predicted octanol–water partition coefficient (Wildman–Crippen LogP) is 2.30. The maximum atomic E-state index is 5.46. The molecule has 23 heavy (non-hydrogen) atoms. The zero-order valence-electron chi connectivity index (χ0n) is 12.8. The fourth-order valence-corrected chi connectivity index (χ4v) is 2.27. The molecule has 0 fully saturated rings. The summed E-state index contributed by atoms with van der Waals surface area (Å²) in [6.07, 6.45) is 3.54. The average molecular weight is 310 g/mol. The van der Waals surface area contributed by atoms with Crippen LogP contribution in [0.15, 0.2) is 53.9 Å². The Kier molecular flexibility index (Phi) is 4.54. The molecule has 6 nitrogen and oxygen atoms in total. The number of aromatic amines is 1. The first-order valence-electron chi connectivity index (χ1n) is 7.29. The third kappa shape index (κ3) is 3.32. The van der Waals surface area contributed by atoms with Gasteiger partial charge < -0.3 is 20.3 Å². The molecule has 0 atom stereocenters. The van der Waals surface area contributed by atoms with Gasteiger partial charge >= 0.3 is 0 Å². The number of hydrogen-bond donors (Lipinski definition) is 2. The Morgan fingerprint density at radius 1 is 1.26 bits per heavy atom. The summed E-state index contributed by atoms with van der Waals surface area (Å²) in [6.45, 7) is 0.775. The molecule has 0 aliphatic carbocycles. The van der Waals surface area contributed by atoms with Crippen molar-refractivity contribution in [3.8, 4) is 5.75 Å².